The SMILES string of the molecule is CCCCNC(=O)c1cccc2c1NC(c1ccc3ccccc3c1)C1CC=CC21. The average Bonchev–Trinajstić information content (AvgIpc) is 3.28. The van der Waals surface area contributed by atoms with Crippen molar-refractivity contribution in [1.82, 2.24) is 5.32 Å². The highest BCUT2D eigenvalue weighted by atomic mass is 16.1. The Labute approximate surface area is 178 Å². The molecule has 2 N–H and O–H groups in total. The topological polar surface area (TPSA) is 41.1 Å². The van der Waals surface area contributed by atoms with Crippen molar-refractivity contribution in [1.29, 1.82) is 0 Å². The number of amides is 1. The van der Waals surface area contributed by atoms with Gasteiger partial charge in [-0.05, 0) is 52.8 Å². The van der Waals surface area contributed by atoms with E-state index >= 15 is 0 Å². The Morgan fingerprint density at radius 1 is 1.07 bits per heavy atom. The van der Waals surface area contributed by atoms with Crippen molar-refractivity contribution in [2.75, 3.05) is 11.9 Å². The van der Waals surface area contributed by atoms with E-state index in [1.807, 2.05) is 12.1 Å². The van der Waals surface area contributed by atoms with Gasteiger partial charge in [0, 0.05) is 12.5 Å². The van der Waals surface area contributed by atoms with E-state index < -0.39 is 0 Å². The maximum atomic E-state index is 12.9. The van der Waals surface area contributed by atoms with E-state index in [0.717, 1.165) is 37.1 Å². The van der Waals surface area contributed by atoms with E-state index in [2.05, 4.69) is 78.2 Å². The van der Waals surface area contributed by atoms with Crippen molar-refractivity contribution in [2.24, 2.45) is 5.92 Å². The third-order valence-corrected chi connectivity index (χ3v) is 6.59. The summed E-state index contributed by atoms with van der Waals surface area (Å²) in [6.07, 6.45) is 7.76. The second kappa shape index (κ2) is 7.98. The number of nitrogens with one attached hydrogen (secondary N) is 2. The molecule has 1 aliphatic heterocycles. The minimum absolute atomic E-state index is 0.0190. The van der Waals surface area contributed by atoms with Gasteiger partial charge in [-0.1, -0.05) is 74.0 Å². The molecular formula is C27H28N2O. The average molecular weight is 397 g/mol. The third kappa shape index (κ3) is 3.28. The van der Waals surface area contributed by atoms with Crippen LogP contribution >= 0.6 is 0 Å². The summed E-state index contributed by atoms with van der Waals surface area (Å²) < 4.78 is 0. The second-order valence-corrected chi connectivity index (χ2v) is 8.46. The minimum Gasteiger partial charge on any atom is -0.377 e. The predicted molar refractivity (Wildman–Crippen MR) is 124 cm³/mol. The van der Waals surface area contributed by atoms with Crippen LogP contribution in [0, 0.1) is 5.92 Å². The molecule has 5 rings (SSSR count). The lowest BCUT2D eigenvalue weighted by Crippen LogP contribution is -2.32. The molecule has 1 heterocycles. The fourth-order valence-corrected chi connectivity index (χ4v) is 5.02. The van der Waals surface area contributed by atoms with E-state index in [1.165, 1.54) is 21.9 Å². The molecule has 152 valence electrons. The molecule has 0 radical (unpaired) electrons. The fourth-order valence-electron chi connectivity index (χ4n) is 5.02. The van der Waals surface area contributed by atoms with Crippen LogP contribution in [0.5, 0.6) is 0 Å². The summed E-state index contributed by atoms with van der Waals surface area (Å²) >= 11 is 0. The molecule has 3 unspecified atom stereocenters. The molecule has 30 heavy (non-hydrogen) atoms. The van der Waals surface area contributed by atoms with Crippen LogP contribution < -0.4 is 10.6 Å². The Kier molecular flexibility index (Phi) is 5.04. The first-order valence-electron chi connectivity index (χ1n) is 11.1. The van der Waals surface area contributed by atoms with E-state index in [0.29, 0.717) is 11.8 Å². The summed E-state index contributed by atoms with van der Waals surface area (Å²) in [5.74, 6) is 0.837. The van der Waals surface area contributed by atoms with Crippen LogP contribution in [0.2, 0.25) is 0 Å². The van der Waals surface area contributed by atoms with Crippen LogP contribution in [-0.4, -0.2) is 12.5 Å². The molecule has 3 aromatic rings. The number of hydrogen-bond acceptors (Lipinski definition) is 2. The molecule has 1 amide bonds. The van der Waals surface area contributed by atoms with Crippen LogP contribution in [0.25, 0.3) is 10.8 Å². The van der Waals surface area contributed by atoms with Crippen LogP contribution in [0.4, 0.5) is 5.69 Å². The van der Waals surface area contributed by atoms with Gasteiger partial charge in [0.1, 0.15) is 0 Å². The van der Waals surface area contributed by atoms with E-state index in [4.69, 9.17) is 0 Å². The number of unbranched alkanes of at least 4 members (excludes halogenated alkanes) is 1. The number of benzene rings is 3. The quantitative estimate of drug-likeness (QED) is 0.398. The highest BCUT2D eigenvalue weighted by molar-refractivity contribution is 6.00. The highest BCUT2D eigenvalue weighted by Crippen LogP contribution is 2.50. The van der Waals surface area contributed by atoms with Crippen molar-refractivity contribution in [3.63, 3.8) is 0 Å². The van der Waals surface area contributed by atoms with Crippen molar-refractivity contribution in [3.05, 3.63) is 89.5 Å². The Balaban J connectivity index is 1.53. The van der Waals surface area contributed by atoms with E-state index in [9.17, 15) is 4.79 Å². The van der Waals surface area contributed by atoms with Crippen molar-refractivity contribution >= 4 is 22.4 Å². The Bertz CT molecular complexity index is 1120. The molecule has 2 aliphatic rings. The summed E-state index contributed by atoms with van der Waals surface area (Å²) in [5.41, 5.74) is 4.29. The Morgan fingerprint density at radius 2 is 1.93 bits per heavy atom. The number of anilines is 1. The Hall–Kier alpha value is -3.07. The lowest BCUT2D eigenvalue weighted by Gasteiger charge is -2.38. The van der Waals surface area contributed by atoms with Gasteiger partial charge in [0.15, 0.2) is 0 Å². The lowest BCUT2D eigenvalue weighted by atomic mass is 9.76. The first-order chi connectivity index (χ1) is 14.8. The molecule has 0 saturated carbocycles. The van der Waals surface area contributed by atoms with Gasteiger partial charge in [-0.15, -0.1) is 0 Å². The molecule has 0 aromatic heterocycles. The molecule has 3 atom stereocenters. The summed E-state index contributed by atoms with van der Waals surface area (Å²) in [6.45, 7) is 2.86. The fraction of sp³-hybridized carbons (Fsp3) is 0.296. The predicted octanol–water partition coefficient (Wildman–Crippen LogP) is 6.20. The number of fused-ring (bicyclic) bond motifs is 4. The molecule has 3 nitrogen and oxygen atoms in total. The number of carbonyl (C=O) groups excluding carboxylic acids is 1. The summed E-state index contributed by atoms with van der Waals surface area (Å²) in [6, 6.07) is 21.6. The van der Waals surface area contributed by atoms with Gasteiger partial charge in [0.25, 0.3) is 5.91 Å². The summed E-state index contributed by atoms with van der Waals surface area (Å²) in [4.78, 5) is 12.9. The molecule has 0 fully saturated rings. The normalized spacial score (nSPS) is 21.7. The summed E-state index contributed by atoms with van der Waals surface area (Å²) in [7, 11) is 0. The maximum absolute atomic E-state index is 12.9. The van der Waals surface area contributed by atoms with Gasteiger partial charge in [0.05, 0.1) is 17.3 Å². The lowest BCUT2D eigenvalue weighted by molar-refractivity contribution is 0.0953. The number of para-hydroxylation sites is 1. The second-order valence-electron chi connectivity index (χ2n) is 8.46. The first kappa shape index (κ1) is 18.9. The van der Waals surface area contributed by atoms with Gasteiger partial charge in [0.2, 0.25) is 0 Å². The van der Waals surface area contributed by atoms with Gasteiger partial charge in [-0.25, -0.2) is 0 Å². The molecule has 0 spiro atoms. The molecule has 1 aliphatic carbocycles. The van der Waals surface area contributed by atoms with Crippen molar-refractivity contribution < 1.29 is 4.79 Å². The van der Waals surface area contributed by atoms with Crippen LogP contribution in [-0.2, 0) is 0 Å². The summed E-state index contributed by atoms with van der Waals surface area (Å²) in [5, 5.41) is 9.40. The zero-order valence-electron chi connectivity index (χ0n) is 17.4. The zero-order valence-corrected chi connectivity index (χ0v) is 17.4. The minimum atomic E-state index is 0.0190. The molecular weight excluding hydrogens is 368 g/mol. The van der Waals surface area contributed by atoms with Crippen LogP contribution in [0.15, 0.2) is 72.8 Å². The molecule has 0 bridgehead atoms. The number of rotatable bonds is 5. The van der Waals surface area contributed by atoms with Crippen LogP contribution in [0.1, 0.15) is 59.6 Å². The molecule has 3 aromatic carbocycles. The number of allylic oxidation sites excluding steroid dienone is 2. The standard InChI is InChI=1S/C27H28N2O/c1-2-3-16-28-27(30)24-13-7-12-23-21-10-6-11-22(21)25(29-26(23)24)20-15-14-18-8-4-5-9-19(18)17-20/h4-10,12-15,17,21-22,25,29H,2-3,11,16H2,1H3,(H,28,30). The van der Waals surface area contributed by atoms with E-state index in [-0.39, 0.29) is 11.9 Å². The Morgan fingerprint density at radius 3 is 2.80 bits per heavy atom. The number of carbonyl (C=O) groups is 1. The van der Waals surface area contributed by atoms with E-state index in [1.54, 1.807) is 0 Å². The van der Waals surface area contributed by atoms with Gasteiger partial charge < -0.3 is 10.6 Å². The highest BCUT2D eigenvalue weighted by Gasteiger charge is 2.39. The molecule has 3 heteroatoms. The van der Waals surface area contributed by atoms with Gasteiger partial charge >= 0.3 is 0 Å². The smallest absolute Gasteiger partial charge is 0.253 e. The zero-order chi connectivity index (χ0) is 20.5. The van der Waals surface area contributed by atoms with Crippen molar-refractivity contribution in [2.45, 2.75) is 38.1 Å². The first-order valence-corrected chi connectivity index (χ1v) is 11.1. The van der Waals surface area contributed by atoms with Crippen molar-refractivity contribution in [3.8, 4) is 0 Å². The third-order valence-electron chi connectivity index (χ3n) is 6.59. The van der Waals surface area contributed by atoms with Gasteiger partial charge in [-0.2, -0.15) is 0 Å². The largest absolute Gasteiger partial charge is 0.377 e. The molecule has 0 saturated heterocycles. The number of hydrogen-bond donors (Lipinski definition) is 2. The maximum Gasteiger partial charge on any atom is 0.253 e. The van der Waals surface area contributed by atoms with Gasteiger partial charge in [-0.3, -0.25) is 4.79 Å². The van der Waals surface area contributed by atoms with Crippen LogP contribution in [0.3, 0.4) is 0 Å². The monoisotopic (exact) mass is 396 g/mol.